The molecule has 0 unspecified atom stereocenters. The molecule has 1 aliphatic heterocycles. The standard InChI is InChI=1S/C12H12N2O3/c13-6-12-14-9(7-17-12)8-1-2-10-11(5-8)16-4-3-15-10/h1-2,5,7H,3-4,6,13H2. The summed E-state index contributed by atoms with van der Waals surface area (Å²) in [6.07, 6.45) is 1.59. The lowest BCUT2D eigenvalue weighted by molar-refractivity contribution is 0.171. The molecule has 0 amide bonds. The Kier molecular flexibility index (Phi) is 2.45. The number of nitrogens with zero attached hydrogens (tertiary/aromatic N) is 1. The molecule has 2 aromatic rings. The van der Waals surface area contributed by atoms with Gasteiger partial charge in [-0.1, -0.05) is 0 Å². The van der Waals surface area contributed by atoms with E-state index >= 15 is 0 Å². The van der Waals surface area contributed by atoms with Crippen molar-refractivity contribution < 1.29 is 13.9 Å². The van der Waals surface area contributed by atoms with Crippen molar-refractivity contribution in [1.29, 1.82) is 0 Å². The summed E-state index contributed by atoms with van der Waals surface area (Å²) in [6, 6.07) is 5.69. The minimum atomic E-state index is 0.296. The molecule has 0 fully saturated rings. The Morgan fingerprint density at radius 2 is 2.00 bits per heavy atom. The summed E-state index contributed by atoms with van der Waals surface area (Å²) in [5.74, 6) is 2.03. The first kappa shape index (κ1) is 10.2. The summed E-state index contributed by atoms with van der Waals surface area (Å²) in [7, 11) is 0. The van der Waals surface area contributed by atoms with E-state index in [-0.39, 0.29) is 0 Å². The molecule has 5 nitrogen and oxygen atoms in total. The van der Waals surface area contributed by atoms with Crippen molar-refractivity contribution in [3.8, 4) is 22.8 Å². The minimum Gasteiger partial charge on any atom is -0.486 e. The lowest BCUT2D eigenvalue weighted by atomic mass is 10.1. The van der Waals surface area contributed by atoms with Crippen LogP contribution in [0, 0.1) is 0 Å². The van der Waals surface area contributed by atoms with Gasteiger partial charge in [0.15, 0.2) is 11.5 Å². The van der Waals surface area contributed by atoms with E-state index in [9.17, 15) is 0 Å². The second-order valence-corrected chi connectivity index (χ2v) is 3.69. The topological polar surface area (TPSA) is 70.5 Å². The Morgan fingerprint density at radius 1 is 1.18 bits per heavy atom. The highest BCUT2D eigenvalue weighted by Crippen LogP contribution is 2.34. The van der Waals surface area contributed by atoms with E-state index in [4.69, 9.17) is 19.6 Å². The Labute approximate surface area is 98.2 Å². The Bertz CT molecular complexity index is 536. The fourth-order valence-electron chi connectivity index (χ4n) is 1.74. The zero-order valence-corrected chi connectivity index (χ0v) is 9.18. The van der Waals surface area contributed by atoms with Crippen LogP contribution in [0.4, 0.5) is 0 Å². The van der Waals surface area contributed by atoms with Crippen LogP contribution in [-0.4, -0.2) is 18.2 Å². The average molecular weight is 232 g/mol. The maximum absolute atomic E-state index is 5.51. The van der Waals surface area contributed by atoms with Crippen molar-refractivity contribution in [3.63, 3.8) is 0 Å². The normalized spacial score (nSPS) is 13.7. The van der Waals surface area contributed by atoms with Crippen LogP contribution in [0.2, 0.25) is 0 Å². The maximum Gasteiger partial charge on any atom is 0.208 e. The van der Waals surface area contributed by atoms with Gasteiger partial charge in [-0.3, -0.25) is 0 Å². The van der Waals surface area contributed by atoms with E-state index in [1.165, 1.54) is 0 Å². The van der Waals surface area contributed by atoms with Crippen LogP contribution >= 0.6 is 0 Å². The van der Waals surface area contributed by atoms with Crippen molar-refractivity contribution >= 4 is 0 Å². The molecule has 2 heterocycles. The summed E-state index contributed by atoms with van der Waals surface area (Å²) < 4.78 is 16.2. The van der Waals surface area contributed by atoms with E-state index in [1.54, 1.807) is 6.26 Å². The smallest absolute Gasteiger partial charge is 0.208 e. The van der Waals surface area contributed by atoms with Gasteiger partial charge in [0.2, 0.25) is 5.89 Å². The SMILES string of the molecule is NCc1nc(-c2ccc3c(c2)OCCO3)co1. The molecule has 0 radical (unpaired) electrons. The highest BCUT2D eigenvalue weighted by Gasteiger charge is 2.13. The van der Waals surface area contributed by atoms with E-state index in [0.29, 0.717) is 25.6 Å². The first-order valence-corrected chi connectivity index (χ1v) is 5.41. The summed E-state index contributed by atoms with van der Waals surface area (Å²) in [6.45, 7) is 1.46. The first-order chi connectivity index (χ1) is 8.36. The van der Waals surface area contributed by atoms with E-state index in [1.807, 2.05) is 18.2 Å². The van der Waals surface area contributed by atoms with Crippen LogP contribution in [0.5, 0.6) is 11.5 Å². The van der Waals surface area contributed by atoms with Crippen LogP contribution < -0.4 is 15.2 Å². The van der Waals surface area contributed by atoms with Crippen LogP contribution in [-0.2, 0) is 6.54 Å². The van der Waals surface area contributed by atoms with Crippen molar-refractivity contribution in [1.82, 2.24) is 4.98 Å². The minimum absolute atomic E-state index is 0.296. The molecule has 1 aromatic carbocycles. The maximum atomic E-state index is 5.51. The quantitative estimate of drug-likeness (QED) is 0.851. The van der Waals surface area contributed by atoms with E-state index < -0.39 is 0 Å². The number of aromatic nitrogens is 1. The van der Waals surface area contributed by atoms with Crippen molar-refractivity contribution in [2.24, 2.45) is 5.73 Å². The monoisotopic (exact) mass is 232 g/mol. The highest BCUT2D eigenvalue weighted by molar-refractivity contribution is 5.63. The fraction of sp³-hybridized carbons (Fsp3) is 0.250. The third-order valence-electron chi connectivity index (χ3n) is 2.56. The zero-order valence-electron chi connectivity index (χ0n) is 9.18. The average Bonchev–Trinajstić information content (AvgIpc) is 2.87. The predicted octanol–water partition coefficient (Wildman–Crippen LogP) is 1.57. The molecule has 0 atom stereocenters. The fourth-order valence-corrected chi connectivity index (χ4v) is 1.74. The third-order valence-corrected chi connectivity index (χ3v) is 2.56. The van der Waals surface area contributed by atoms with Gasteiger partial charge in [0.1, 0.15) is 25.2 Å². The van der Waals surface area contributed by atoms with Crippen LogP contribution in [0.1, 0.15) is 5.89 Å². The van der Waals surface area contributed by atoms with Crippen molar-refractivity contribution in [2.75, 3.05) is 13.2 Å². The molecule has 0 bridgehead atoms. The molecular weight excluding hydrogens is 220 g/mol. The number of fused-ring (bicyclic) bond motifs is 1. The summed E-state index contributed by atoms with van der Waals surface area (Å²) in [4.78, 5) is 4.26. The van der Waals surface area contributed by atoms with E-state index in [0.717, 1.165) is 22.8 Å². The van der Waals surface area contributed by atoms with Crippen molar-refractivity contribution in [2.45, 2.75) is 6.54 Å². The van der Waals surface area contributed by atoms with Gasteiger partial charge in [-0.25, -0.2) is 4.98 Å². The van der Waals surface area contributed by atoms with Gasteiger partial charge < -0.3 is 19.6 Å². The lowest BCUT2D eigenvalue weighted by Crippen LogP contribution is -2.15. The number of ether oxygens (including phenoxy) is 2. The first-order valence-electron chi connectivity index (χ1n) is 5.41. The van der Waals surface area contributed by atoms with Gasteiger partial charge in [-0.15, -0.1) is 0 Å². The molecule has 3 rings (SSSR count). The van der Waals surface area contributed by atoms with Crippen LogP contribution in [0.25, 0.3) is 11.3 Å². The highest BCUT2D eigenvalue weighted by atomic mass is 16.6. The lowest BCUT2D eigenvalue weighted by Gasteiger charge is -2.18. The van der Waals surface area contributed by atoms with Crippen molar-refractivity contribution in [3.05, 3.63) is 30.4 Å². The molecule has 1 aliphatic rings. The third kappa shape index (κ3) is 1.85. The van der Waals surface area contributed by atoms with Gasteiger partial charge in [0.05, 0.1) is 6.54 Å². The molecule has 2 N–H and O–H groups in total. The number of nitrogens with two attached hydrogens (primary N) is 1. The van der Waals surface area contributed by atoms with E-state index in [2.05, 4.69) is 4.98 Å². The molecule has 0 saturated heterocycles. The molecule has 0 aliphatic carbocycles. The second kappa shape index (κ2) is 4.10. The largest absolute Gasteiger partial charge is 0.486 e. The Morgan fingerprint density at radius 3 is 2.76 bits per heavy atom. The Balaban J connectivity index is 1.97. The summed E-state index contributed by atoms with van der Waals surface area (Å²) >= 11 is 0. The summed E-state index contributed by atoms with van der Waals surface area (Å²) in [5.41, 5.74) is 7.13. The number of hydrogen-bond donors (Lipinski definition) is 1. The molecule has 17 heavy (non-hydrogen) atoms. The molecule has 88 valence electrons. The van der Waals surface area contributed by atoms with Gasteiger partial charge >= 0.3 is 0 Å². The summed E-state index contributed by atoms with van der Waals surface area (Å²) in [5, 5.41) is 0. The van der Waals surface area contributed by atoms with Gasteiger partial charge in [0, 0.05) is 5.56 Å². The number of oxazole rings is 1. The predicted molar refractivity (Wildman–Crippen MR) is 60.8 cm³/mol. The van der Waals surface area contributed by atoms with Crippen LogP contribution in [0.3, 0.4) is 0 Å². The molecule has 1 aromatic heterocycles. The second-order valence-electron chi connectivity index (χ2n) is 3.69. The van der Waals surface area contributed by atoms with Gasteiger partial charge in [-0.2, -0.15) is 0 Å². The van der Waals surface area contributed by atoms with Crippen LogP contribution in [0.15, 0.2) is 28.9 Å². The Hall–Kier alpha value is -2.01. The molecular formula is C12H12N2O3. The number of benzene rings is 1. The molecule has 0 spiro atoms. The zero-order chi connectivity index (χ0) is 11.7. The molecule has 5 heteroatoms. The van der Waals surface area contributed by atoms with Gasteiger partial charge in [-0.05, 0) is 18.2 Å². The van der Waals surface area contributed by atoms with Gasteiger partial charge in [0.25, 0.3) is 0 Å². The number of rotatable bonds is 2. The number of hydrogen-bond acceptors (Lipinski definition) is 5. The molecule has 0 saturated carbocycles.